The van der Waals surface area contributed by atoms with Gasteiger partial charge in [0.05, 0.1) is 11.4 Å². The first-order valence-electron chi connectivity index (χ1n) is 21.1. The Morgan fingerprint density at radius 3 is 2.19 bits per heavy atom. The number of anilines is 2. The Morgan fingerprint density at radius 2 is 1.37 bits per heavy atom. The summed E-state index contributed by atoms with van der Waals surface area (Å²) in [6.45, 7) is 4.84. The van der Waals surface area contributed by atoms with Gasteiger partial charge in [-0.2, -0.15) is 0 Å². The first-order valence-corrected chi connectivity index (χ1v) is 21.1. The van der Waals surface area contributed by atoms with Gasteiger partial charge in [0.1, 0.15) is 5.84 Å². The Bertz CT molecular complexity index is 2820. The second kappa shape index (κ2) is 14.2. The van der Waals surface area contributed by atoms with Gasteiger partial charge >= 0.3 is 0 Å². The van der Waals surface area contributed by atoms with Crippen LogP contribution in [0.4, 0.5) is 11.4 Å². The van der Waals surface area contributed by atoms with Crippen LogP contribution in [0, 0.1) is 0 Å². The predicted octanol–water partition coefficient (Wildman–Crippen LogP) is 13.2. The van der Waals surface area contributed by atoms with E-state index >= 15 is 0 Å². The maximum absolute atomic E-state index is 5.61. The monoisotopic (exact) mass is 762 g/mol. The first-order chi connectivity index (χ1) is 29.0. The van der Waals surface area contributed by atoms with Crippen LogP contribution in [-0.4, -0.2) is 18.0 Å². The number of allylic oxidation sites excluding steroid dienone is 10. The number of para-hydroxylation sites is 1. The van der Waals surface area contributed by atoms with Crippen molar-refractivity contribution in [1.29, 1.82) is 0 Å². The summed E-state index contributed by atoms with van der Waals surface area (Å²) in [6.07, 6.45) is 24.0. The number of aliphatic imine (C=N–C) groups is 2. The highest BCUT2D eigenvalue weighted by Crippen LogP contribution is 2.58. The molecule has 286 valence electrons. The molecule has 2 aliphatic heterocycles. The summed E-state index contributed by atoms with van der Waals surface area (Å²) in [4.78, 5) is 13.4. The van der Waals surface area contributed by atoms with Gasteiger partial charge in [0.25, 0.3) is 0 Å². The molecule has 0 amide bonds. The molecule has 0 radical (unpaired) electrons. The zero-order valence-electron chi connectivity index (χ0n) is 33.6. The Hall–Kier alpha value is -6.78. The Kier molecular flexibility index (Phi) is 8.55. The topological polar surface area (TPSA) is 40.0 Å². The lowest BCUT2D eigenvalue weighted by Crippen LogP contribution is -2.48. The molecule has 4 heteroatoms. The van der Waals surface area contributed by atoms with E-state index in [1.165, 1.54) is 61.2 Å². The number of nitrogens with zero attached hydrogens (tertiary/aromatic N) is 3. The van der Waals surface area contributed by atoms with Crippen molar-refractivity contribution in [3.63, 3.8) is 0 Å². The van der Waals surface area contributed by atoms with E-state index in [-0.39, 0.29) is 5.41 Å². The number of hydrogen-bond donors (Lipinski definition) is 1. The molecule has 5 aromatic rings. The van der Waals surface area contributed by atoms with Gasteiger partial charge in [-0.05, 0) is 87.9 Å². The summed E-state index contributed by atoms with van der Waals surface area (Å²) in [5.74, 6) is 1.89. The van der Waals surface area contributed by atoms with Gasteiger partial charge in [-0.25, -0.2) is 9.98 Å². The minimum atomic E-state index is -0.489. The molecule has 2 atom stereocenters. The third-order valence-electron chi connectivity index (χ3n) is 12.9. The smallest absolute Gasteiger partial charge is 0.204 e. The molecule has 0 aromatic heterocycles. The van der Waals surface area contributed by atoms with Crippen LogP contribution in [0.3, 0.4) is 0 Å². The van der Waals surface area contributed by atoms with Crippen LogP contribution < -0.4 is 10.2 Å². The molecule has 0 saturated carbocycles. The minimum Gasteiger partial charge on any atom is -0.331 e. The number of benzene rings is 5. The summed E-state index contributed by atoms with van der Waals surface area (Å²) in [5, 5.41) is 3.92. The van der Waals surface area contributed by atoms with E-state index < -0.39 is 6.29 Å². The van der Waals surface area contributed by atoms with E-state index in [2.05, 4.69) is 200 Å². The van der Waals surface area contributed by atoms with Crippen molar-refractivity contribution in [3.8, 4) is 22.3 Å². The van der Waals surface area contributed by atoms with Gasteiger partial charge in [-0.1, -0.05) is 178 Å². The van der Waals surface area contributed by atoms with Gasteiger partial charge in [-0.3, -0.25) is 0 Å². The Balaban J connectivity index is 1.08. The highest BCUT2D eigenvalue weighted by atomic mass is 15.4. The van der Waals surface area contributed by atoms with Crippen molar-refractivity contribution in [2.45, 2.75) is 57.2 Å². The van der Waals surface area contributed by atoms with Crippen LogP contribution in [0.2, 0.25) is 0 Å². The molecule has 0 spiro atoms. The molecule has 1 N–H and O–H groups in total. The summed E-state index contributed by atoms with van der Waals surface area (Å²) in [7, 11) is 0. The number of rotatable bonds is 5. The second-order valence-electron chi connectivity index (χ2n) is 16.7. The third-order valence-corrected chi connectivity index (χ3v) is 12.9. The van der Waals surface area contributed by atoms with Crippen molar-refractivity contribution in [2.75, 3.05) is 4.90 Å². The number of nitrogens with one attached hydrogen (secondary N) is 1. The van der Waals surface area contributed by atoms with Gasteiger partial charge in [-0.15, -0.1) is 0 Å². The van der Waals surface area contributed by atoms with Crippen molar-refractivity contribution in [3.05, 3.63) is 215 Å². The molecule has 6 aliphatic rings. The van der Waals surface area contributed by atoms with Crippen LogP contribution in [0.25, 0.3) is 33.4 Å². The molecule has 0 bridgehead atoms. The standard InChI is InChI=1S/C55H46N4/c1-55(2)47-26-13-11-23-43(47)46-34-35-49-50(51(46)55)45-25-10-9-22-42(45)44-24-12-14-27-48(44)59(49)54-57-52(40-21-15-20-38(28-31-40)36-16-5-3-6-17-36)56-53(58-54)41-32-29-39(30-33-41)37-18-7-4-8-19-37/h3-10,12-14,16-22,24-29,31-35,39,54H,11,15,23,30H2,1-2H3,(H,56,57,58). The number of hydrogen-bond acceptors (Lipinski definition) is 4. The molecule has 2 unspecified atom stereocenters. The van der Waals surface area contributed by atoms with Crippen LogP contribution >= 0.6 is 0 Å². The Morgan fingerprint density at radius 1 is 0.644 bits per heavy atom. The molecular formula is C55H46N4. The van der Waals surface area contributed by atoms with E-state index in [9.17, 15) is 0 Å². The normalized spacial score (nSPS) is 20.9. The molecule has 4 aliphatic carbocycles. The van der Waals surface area contributed by atoms with Gasteiger partial charge in [0, 0.05) is 33.6 Å². The highest BCUT2D eigenvalue weighted by molar-refractivity contribution is 6.15. The summed E-state index contributed by atoms with van der Waals surface area (Å²) < 4.78 is 0. The molecule has 0 fully saturated rings. The molecule has 0 saturated heterocycles. The first kappa shape index (κ1) is 35.4. The van der Waals surface area contributed by atoms with Gasteiger partial charge in [0.2, 0.25) is 6.29 Å². The molecule has 11 rings (SSSR count). The maximum atomic E-state index is 5.61. The van der Waals surface area contributed by atoms with Crippen LogP contribution in [0.5, 0.6) is 0 Å². The maximum Gasteiger partial charge on any atom is 0.204 e. The predicted molar refractivity (Wildman–Crippen MR) is 247 cm³/mol. The van der Waals surface area contributed by atoms with Crippen molar-refractivity contribution >= 4 is 34.2 Å². The summed E-state index contributed by atoms with van der Waals surface area (Å²) in [6, 6.07) is 44.0. The van der Waals surface area contributed by atoms with Crippen molar-refractivity contribution < 1.29 is 0 Å². The molecule has 5 aromatic carbocycles. The molecular weight excluding hydrogens is 717 g/mol. The number of fused-ring (bicyclic) bond motifs is 8. The van der Waals surface area contributed by atoms with Gasteiger partial charge in [0.15, 0.2) is 5.84 Å². The fourth-order valence-electron chi connectivity index (χ4n) is 10.1. The SMILES string of the molecule is CC1(C)C2=C(CCC=C2)c2ccc3c(c21)-c1ccccc1-c1ccccc1N3C1N=C(C2=CCC=C(c3ccccc3)C=C2)N=C(C2=CCC(c3ccccc3)C=C2)N1. The van der Waals surface area contributed by atoms with E-state index in [0.29, 0.717) is 5.92 Å². The molecule has 4 nitrogen and oxygen atoms in total. The van der Waals surface area contributed by atoms with E-state index in [4.69, 9.17) is 9.98 Å². The van der Waals surface area contributed by atoms with Crippen LogP contribution in [0.15, 0.2) is 203 Å². The molecule has 2 heterocycles. The third kappa shape index (κ3) is 5.97. The fourth-order valence-corrected chi connectivity index (χ4v) is 10.1. The second-order valence-corrected chi connectivity index (χ2v) is 16.7. The lowest BCUT2D eigenvalue weighted by molar-refractivity contribution is 0.633. The van der Waals surface area contributed by atoms with Gasteiger partial charge < -0.3 is 10.2 Å². The zero-order chi connectivity index (χ0) is 39.5. The lowest BCUT2D eigenvalue weighted by Gasteiger charge is -2.37. The zero-order valence-corrected chi connectivity index (χ0v) is 33.6. The van der Waals surface area contributed by atoms with E-state index in [0.717, 1.165) is 59.9 Å². The number of amidine groups is 2. The van der Waals surface area contributed by atoms with Crippen LogP contribution in [-0.2, 0) is 5.41 Å². The minimum absolute atomic E-state index is 0.171. The summed E-state index contributed by atoms with van der Waals surface area (Å²) >= 11 is 0. The van der Waals surface area contributed by atoms with E-state index in [1.54, 1.807) is 0 Å². The fraction of sp³-hybridized carbons (Fsp3) is 0.164. The molecule has 59 heavy (non-hydrogen) atoms. The average molecular weight is 763 g/mol. The van der Waals surface area contributed by atoms with E-state index in [1.807, 2.05) is 0 Å². The lowest BCUT2D eigenvalue weighted by atomic mass is 9.76. The van der Waals surface area contributed by atoms with Crippen molar-refractivity contribution in [2.24, 2.45) is 9.98 Å². The average Bonchev–Trinajstić information content (AvgIpc) is 3.47. The Labute approximate surface area is 347 Å². The quantitative estimate of drug-likeness (QED) is 0.194. The summed E-state index contributed by atoms with van der Waals surface area (Å²) in [5.41, 5.74) is 18.6. The van der Waals surface area contributed by atoms with Crippen LogP contribution in [0.1, 0.15) is 67.7 Å². The largest absolute Gasteiger partial charge is 0.331 e. The van der Waals surface area contributed by atoms with Crippen molar-refractivity contribution in [1.82, 2.24) is 5.32 Å². The highest BCUT2D eigenvalue weighted by Gasteiger charge is 2.43.